The highest BCUT2D eigenvalue weighted by molar-refractivity contribution is 7.99. The normalized spacial score (nSPS) is 10.7. The maximum atomic E-state index is 11.4. The summed E-state index contributed by atoms with van der Waals surface area (Å²) in [6, 6.07) is 10.1. The Hall–Kier alpha value is -2.54. The lowest BCUT2D eigenvalue weighted by Gasteiger charge is -2.04. The van der Waals surface area contributed by atoms with Crippen molar-refractivity contribution in [3.05, 3.63) is 42.1 Å². The van der Waals surface area contributed by atoms with Crippen LogP contribution in [0, 0.1) is 6.92 Å². The molecule has 0 aliphatic heterocycles. The van der Waals surface area contributed by atoms with Crippen LogP contribution >= 0.6 is 11.8 Å². The van der Waals surface area contributed by atoms with Crippen molar-refractivity contribution in [1.29, 1.82) is 0 Å². The van der Waals surface area contributed by atoms with Crippen molar-refractivity contribution in [2.24, 2.45) is 0 Å². The van der Waals surface area contributed by atoms with E-state index in [1.165, 1.54) is 10.5 Å². The van der Waals surface area contributed by atoms with E-state index >= 15 is 0 Å². The quantitative estimate of drug-likeness (QED) is 0.757. The van der Waals surface area contributed by atoms with Gasteiger partial charge in [-0.1, -0.05) is 30.0 Å². The number of hydrogen-bond acceptors (Lipinski definition) is 5. The van der Waals surface area contributed by atoms with E-state index < -0.39 is 6.09 Å². The van der Waals surface area contributed by atoms with Crippen LogP contribution in [-0.2, 0) is 4.74 Å². The molecule has 0 saturated heterocycles. The van der Waals surface area contributed by atoms with Crippen LogP contribution < -0.4 is 5.32 Å². The summed E-state index contributed by atoms with van der Waals surface area (Å²) in [6.07, 6.45) is 1.24. The third-order valence-corrected chi connectivity index (χ3v) is 4.27. The van der Waals surface area contributed by atoms with Crippen LogP contribution in [0.15, 0.2) is 46.3 Å². The molecule has 23 heavy (non-hydrogen) atoms. The Morgan fingerprint density at radius 2 is 2.22 bits per heavy atom. The summed E-state index contributed by atoms with van der Waals surface area (Å²) in [7, 11) is 0. The molecule has 0 aliphatic rings. The molecule has 0 unspecified atom stereocenters. The lowest BCUT2D eigenvalue weighted by molar-refractivity contribution is 0.167. The molecule has 0 fully saturated rings. The van der Waals surface area contributed by atoms with Crippen molar-refractivity contribution in [3.8, 4) is 0 Å². The van der Waals surface area contributed by atoms with Gasteiger partial charge in [-0.3, -0.25) is 5.32 Å². The highest BCUT2D eigenvalue weighted by Gasteiger charge is 2.09. The molecule has 2 aromatic heterocycles. The topological polar surface area (TPSA) is 79.9 Å². The Kier molecular flexibility index (Phi) is 4.47. The molecule has 6 nitrogen and oxygen atoms in total. The van der Waals surface area contributed by atoms with Crippen LogP contribution in [0.5, 0.6) is 0 Å². The first-order valence-electron chi connectivity index (χ1n) is 7.18. The maximum absolute atomic E-state index is 11.4. The van der Waals surface area contributed by atoms with E-state index in [-0.39, 0.29) is 0 Å². The van der Waals surface area contributed by atoms with E-state index in [2.05, 4.69) is 39.3 Å². The lowest BCUT2D eigenvalue weighted by Crippen LogP contribution is -2.14. The highest BCUT2D eigenvalue weighted by atomic mass is 32.2. The summed E-state index contributed by atoms with van der Waals surface area (Å²) in [4.78, 5) is 25.2. The lowest BCUT2D eigenvalue weighted by atomic mass is 10.2. The average molecular weight is 328 g/mol. The minimum atomic E-state index is -0.541. The van der Waals surface area contributed by atoms with E-state index in [1.807, 2.05) is 18.2 Å². The van der Waals surface area contributed by atoms with Crippen molar-refractivity contribution >= 4 is 35.0 Å². The molecule has 0 atom stereocenters. The molecule has 1 amide bonds. The fourth-order valence-electron chi connectivity index (χ4n) is 2.05. The minimum Gasteiger partial charge on any atom is -0.450 e. The van der Waals surface area contributed by atoms with E-state index in [4.69, 9.17) is 4.74 Å². The Balaban J connectivity index is 1.82. The minimum absolute atomic E-state index is 0.307. The van der Waals surface area contributed by atoms with Crippen LogP contribution in [0.25, 0.3) is 11.2 Å². The van der Waals surface area contributed by atoms with Crippen molar-refractivity contribution in [2.75, 3.05) is 11.9 Å². The Morgan fingerprint density at radius 1 is 1.39 bits per heavy atom. The van der Waals surface area contributed by atoms with Gasteiger partial charge in [0.25, 0.3) is 0 Å². The summed E-state index contributed by atoms with van der Waals surface area (Å²) < 4.78 is 4.82. The Labute approximate surface area is 137 Å². The highest BCUT2D eigenvalue weighted by Crippen LogP contribution is 2.30. The number of anilines is 1. The largest absolute Gasteiger partial charge is 0.450 e. The third-order valence-electron chi connectivity index (χ3n) is 3.13. The van der Waals surface area contributed by atoms with Crippen molar-refractivity contribution < 1.29 is 9.53 Å². The van der Waals surface area contributed by atoms with Gasteiger partial charge in [0, 0.05) is 16.0 Å². The van der Waals surface area contributed by atoms with E-state index in [9.17, 15) is 4.79 Å². The van der Waals surface area contributed by atoms with Crippen LogP contribution in [0.3, 0.4) is 0 Å². The van der Waals surface area contributed by atoms with Gasteiger partial charge in [-0.25, -0.2) is 14.8 Å². The van der Waals surface area contributed by atoms with Gasteiger partial charge in [0.2, 0.25) is 5.95 Å². The molecular formula is C16H16N4O2S. The molecule has 0 radical (unpaired) electrons. The third kappa shape index (κ3) is 3.62. The number of pyridine rings is 1. The van der Waals surface area contributed by atoms with Crippen molar-refractivity contribution in [3.63, 3.8) is 0 Å². The molecule has 2 heterocycles. The van der Waals surface area contributed by atoms with Crippen molar-refractivity contribution in [2.45, 2.75) is 23.6 Å². The first kappa shape index (κ1) is 15.4. The SMILES string of the molecule is CCOC(=O)Nc1nc2cc(Sc3ccccc3C)cnc2[nH]1. The van der Waals surface area contributed by atoms with Gasteiger partial charge in [0.15, 0.2) is 5.65 Å². The molecule has 118 valence electrons. The summed E-state index contributed by atoms with van der Waals surface area (Å²) in [5, 5.41) is 2.54. The number of rotatable bonds is 4. The fraction of sp³-hybridized carbons (Fsp3) is 0.188. The predicted molar refractivity (Wildman–Crippen MR) is 89.8 cm³/mol. The number of ether oxygens (including phenoxy) is 1. The second kappa shape index (κ2) is 6.70. The maximum Gasteiger partial charge on any atom is 0.413 e. The number of imidazole rings is 1. The molecule has 0 bridgehead atoms. The number of aryl methyl sites for hydroxylation is 1. The zero-order valence-corrected chi connectivity index (χ0v) is 13.6. The molecule has 3 aromatic rings. The summed E-state index contributed by atoms with van der Waals surface area (Å²) in [5.41, 5.74) is 2.52. The number of aromatic nitrogens is 3. The number of carbonyl (C=O) groups is 1. The molecule has 3 rings (SSSR count). The second-order valence-electron chi connectivity index (χ2n) is 4.84. The summed E-state index contributed by atoms with van der Waals surface area (Å²) in [5.74, 6) is 0.323. The molecule has 2 N–H and O–H groups in total. The van der Waals surface area contributed by atoms with Crippen LogP contribution in [0.1, 0.15) is 12.5 Å². The van der Waals surface area contributed by atoms with Gasteiger partial charge in [-0.2, -0.15) is 0 Å². The first-order chi connectivity index (χ1) is 11.2. The number of hydrogen-bond donors (Lipinski definition) is 2. The smallest absolute Gasteiger partial charge is 0.413 e. The van der Waals surface area contributed by atoms with Crippen LogP contribution in [0.4, 0.5) is 10.7 Å². The Bertz CT molecular complexity index is 847. The van der Waals surface area contributed by atoms with Gasteiger partial charge in [0.05, 0.1) is 6.61 Å². The van der Waals surface area contributed by atoms with Gasteiger partial charge >= 0.3 is 6.09 Å². The number of carbonyl (C=O) groups excluding carboxylic acids is 1. The predicted octanol–water partition coefficient (Wildman–Crippen LogP) is 3.99. The van der Waals surface area contributed by atoms with E-state index in [1.54, 1.807) is 24.9 Å². The van der Waals surface area contributed by atoms with Gasteiger partial charge in [0.1, 0.15) is 5.52 Å². The zero-order valence-electron chi connectivity index (χ0n) is 12.8. The number of benzene rings is 1. The molecular weight excluding hydrogens is 312 g/mol. The molecule has 1 aromatic carbocycles. The summed E-state index contributed by atoms with van der Waals surface area (Å²) >= 11 is 1.63. The number of H-pyrrole nitrogens is 1. The molecule has 0 saturated carbocycles. The molecule has 7 heteroatoms. The van der Waals surface area contributed by atoms with Gasteiger partial charge in [-0.05, 0) is 31.5 Å². The van der Waals surface area contributed by atoms with Crippen LogP contribution in [-0.4, -0.2) is 27.7 Å². The number of fused-ring (bicyclic) bond motifs is 1. The number of nitrogens with zero attached hydrogens (tertiary/aromatic N) is 2. The van der Waals surface area contributed by atoms with E-state index in [0.717, 1.165) is 4.90 Å². The molecule has 0 aliphatic carbocycles. The number of aromatic amines is 1. The number of nitrogens with one attached hydrogen (secondary N) is 2. The van der Waals surface area contributed by atoms with Crippen molar-refractivity contribution in [1.82, 2.24) is 15.0 Å². The number of amides is 1. The molecule has 0 spiro atoms. The zero-order chi connectivity index (χ0) is 16.2. The summed E-state index contributed by atoms with van der Waals surface area (Å²) in [6.45, 7) is 4.13. The standard InChI is InChI=1S/C16H16N4O2S/c1-3-22-16(21)20-15-18-12-8-11(9-17-14(12)19-15)23-13-7-5-4-6-10(13)2/h4-9H,3H2,1-2H3,(H2,17,18,19,20,21). The Morgan fingerprint density at radius 3 is 3.00 bits per heavy atom. The fourth-order valence-corrected chi connectivity index (χ4v) is 2.96. The average Bonchev–Trinajstić information content (AvgIpc) is 2.91. The monoisotopic (exact) mass is 328 g/mol. The second-order valence-corrected chi connectivity index (χ2v) is 5.95. The van der Waals surface area contributed by atoms with Crippen LogP contribution in [0.2, 0.25) is 0 Å². The first-order valence-corrected chi connectivity index (χ1v) is 8.00. The van der Waals surface area contributed by atoms with Gasteiger partial charge in [-0.15, -0.1) is 0 Å². The van der Waals surface area contributed by atoms with E-state index in [0.29, 0.717) is 23.7 Å². The van der Waals surface area contributed by atoms with Gasteiger partial charge < -0.3 is 9.72 Å².